The van der Waals surface area contributed by atoms with Crippen LogP contribution < -0.4 is 5.32 Å². The first-order valence-electron chi connectivity index (χ1n) is 5.25. The van der Waals surface area contributed by atoms with Gasteiger partial charge in [-0.1, -0.05) is 0 Å². The quantitative estimate of drug-likeness (QED) is 0.569. The molecule has 0 aromatic rings. The van der Waals surface area contributed by atoms with E-state index in [-0.39, 0.29) is 0 Å². The van der Waals surface area contributed by atoms with Gasteiger partial charge in [0.1, 0.15) is 11.7 Å². The fraction of sp³-hybridized carbons (Fsp3) is 0.900. The molecule has 0 aromatic carbocycles. The van der Waals surface area contributed by atoms with Gasteiger partial charge in [0.2, 0.25) is 6.54 Å². The van der Waals surface area contributed by atoms with Crippen molar-refractivity contribution in [3.8, 4) is 0 Å². The van der Waals surface area contributed by atoms with E-state index in [1.807, 2.05) is 0 Å². The van der Waals surface area contributed by atoms with Gasteiger partial charge in [0, 0.05) is 4.92 Å². The second kappa shape index (κ2) is 5.31. The Morgan fingerprint density at radius 2 is 1.88 bits per heavy atom. The maximum absolute atomic E-state index is 11.5. The molecule has 0 rings (SSSR count). The Hall–Kier alpha value is -1.37. The van der Waals surface area contributed by atoms with Crippen LogP contribution in [0.4, 0.5) is 4.79 Å². The molecule has 1 unspecified atom stereocenters. The van der Waals surface area contributed by atoms with E-state index < -0.39 is 34.8 Å². The number of nitrogens with zero attached hydrogens (tertiary/aromatic N) is 1. The number of aliphatic hydroxyl groups excluding tert-OH is 1. The highest BCUT2D eigenvalue weighted by Gasteiger charge is 2.34. The summed E-state index contributed by atoms with van der Waals surface area (Å²) >= 11 is 0. The maximum atomic E-state index is 11.5. The summed E-state index contributed by atoms with van der Waals surface area (Å²) in [5.41, 5.74) is -1.79. The van der Waals surface area contributed by atoms with Crippen molar-refractivity contribution in [2.45, 2.75) is 51.9 Å². The predicted octanol–water partition coefficient (Wildman–Crippen LogP) is 0.927. The summed E-state index contributed by atoms with van der Waals surface area (Å²) in [5, 5.41) is 22.3. The van der Waals surface area contributed by atoms with Crippen LogP contribution in [0.15, 0.2) is 0 Å². The lowest BCUT2D eigenvalue weighted by atomic mass is 9.98. The van der Waals surface area contributed by atoms with E-state index in [0.29, 0.717) is 0 Å². The minimum atomic E-state index is -1.29. The Kier molecular flexibility index (Phi) is 4.88. The third-order valence-electron chi connectivity index (χ3n) is 1.98. The number of hydrogen-bond donors (Lipinski definition) is 2. The average Bonchev–Trinajstić information content (AvgIpc) is 1.96. The normalized spacial score (nSPS) is 14.0. The average molecular weight is 248 g/mol. The van der Waals surface area contributed by atoms with E-state index >= 15 is 0 Å². The van der Waals surface area contributed by atoms with Gasteiger partial charge in [0.25, 0.3) is 0 Å². The van der Waals surface area contributed by atoms with E-state index in [0.717, 1.165) is 0 Å². The minimum Gasteiger partial charge on any atom is -0.444 e. The summed E-state index contributed by atoms with van der Waals surface area (Å²) in [4.78, 5) is 21.1. The molecule has 0 fully saturated rings. The molecule has 1 amide bonds. The highest BCUT2D eigenvalue weighted by Crippen LogP contribution is 2.12. The van der Waals surface area contributed by atoms with Gasteiger partial charge in [-0.15, -0.1) is 0 Å². The lowest BCUT2D eigenvalue weighted by Gasteiger charge is -2.30. The Bertz CT molecular complexity index is 296. The predicted molar refractivity (Wildman–Crippen MR) is 61.3 cm³/mol. The van der Waals surface area contributed by atoms with Gasteiger partial charge < -0.3 is 15.2 Å². The molecular weight excluding hydrogens is 228 g/mol. The number of rotatable bonds is 4. The molecule has 0 spiro atoms. The zero-order valence-electron chi connectivity index (χ0n) is 10.8. The van der Waals surface area contributed by atoms with Crippen LogP contribution in [-0.2, 0) is 4.74 Å². The number of aliphatic hydroxyl groups is 1. The van der Waals surface area contributed by atoms with E-state index in [9.17, 15) is 20.0 Å². The van der Waals surface area contributed by atoms with Gasteiger partial charge in [-0.25, -0.2) is 4.79 Å². The molecule has 0 heterocycles. The lowest BCUT2D eigenvalue weighted by molar-refractivity contribution is -0.492. The number of nitro groups is 1. The molecule has 2 N–H and O–H groups in total. The van der Waals surface area contributed by atoms with Gasteiger partial charge in [0.05, 0.1) is 5.54 Å². The largest absolute Gasteiger partial charge is 0.444 e. The van der Waals surface area contributed by atoms with Crippen molar-refractivity contribution in [2.75, 3.05) is 6.54 Å². The van der Waals surface area contributed by atoms with Crippen molar-refractivity contribution in [2.24, 2.45) is 0 Å². The van der Waals surface area contributed by atoms with Crippen LogP contribution in [0.5, 0.6) is 0 Å². The smallest absolute Gasteiger partial charge is 0.408 e. The second-order valence-corrected chi connectivity index (χ2v) is 5.38. The van der Waals surface area contributed by atoms with Gasteiger partial charge in [0.15, 0.2) is 0 Å². The summed E-state index contributed by atoms with van der Waals surface area (Å²) in [6.07, 6.45) is -2.00. The number of amides is 1. The van der Waals surface area contributed by atoms with Crippen molar-refractivity contribution in [3.05, 3.63) is 10.1 Å². The molecule has 7 heteroatoms. The number of nitrogens with one attached hydrogen (secondary N) is 1. The number of carbonyl (C=O) groups is 1. The molecule has 0 aromatic heterocycles. The van der Waals surface area contributed by atoms with Crippen molar-refractivity contribution < 1.29 is 19.6 Å². The van der Waals surface area contributed by atoms with E-state index in [4.69, 9.17) is 4.74 Å². The molecular formula is C10H20N2O5. The zero-order chi connectivity index (χ0) is 13.9. The van der Waals surface area contributed by atoms with Crippen LogP contribution >= 0.6 is 0 Å². The van der Waals surface area contributed by atoms with Gasteiger partial charge in [-0.3, -0.25) is 10.1 Å². The SMILES string of the molecule is CC(C)(C)OC(=O)NC(C)(C)C(O)C[N+](=O)[O-]. The Morgan fingerprint density at radius 1 is 1.41 bits per heavy atom. The summed E-state index contributed by atoms with van der Waals surface area (Å²) in [7, 11) is 0. The van der Waals surface area contributed by atoms with Crippen LogP contribution in [0.25, 0.3) is 0 Å². The zero-order valence-corrected chi connectivity index (χ0v) is 10.8. The van der Waals surface area contributed by atoms with Crippen molar-refractivity contribution >= 4 is 6.09 Å². The molecule has 17 heavy (non-hydrogen) atoms. The number of carbonyl (C=O) groups excluding carboxylic acids is 1. The fourth-order valence-corrected chi connectivity index (χ4v) is 1.02. The molecule has 7 nitrogen and oxygen atoms in total. The molecule has 0 aliphatic heterocycles. The number of hydrogen-bond acceptors (Lipinski definition) is 5. The van der Waals surface area contributed by atoms with Gasteiger partial charge in [-0.05, 0) is 34.6 Å². The van der Waals surface area contributed by atoms with Crippen molar-refractivity contribution in [3.63, 3.8) is 0 Å². The second-order valence-electron chi connectivity index (χ2n) is 5.38. The van der Waals surface area contributed by atoms with Crippen LogP contribution in [-0.4, -0.2) is 39.9 Å². The maximum Gasteiger partial charge on any atom is 0.408 e. The molecule has 0 saturated heterocycles. The van der Waals surface area contributed by atoms with Crippen molar-refractivity contribution in [1.29, 1.82) is 0 Å². The summed E-state index contributed by atoms with van der Waals surface area (Å²) in [6.45, 7) is 7.45. The van der Waals surface area contributed by atoms with Gasteiger partial charge >= 0.3 is 6.09 Å². The molecule has 0 bridgehead atoms. The highest BCUT2D eigenvalue weighted by atomic mass is 16.6. The first-order valence-corrected chi connectivity index (χ1v) is 5.25. The molecule has 0 aliphatic rings. The van der Waals surface area contributed by atoms with Crippen LogP contribution in [0, 0.1) is 10.1 Å². The Labute approximate surface area is 100 Å². The summed E-state index contributed by atoms with van der Waals surface area (Å²) < 4.78 is 5.00. The monoisotopic (exact) mass is 248 g/mol. The van der Waals surface area contributed by atoms with Crippen molar-refractivity contribution in [1.82, 2.24) is 5.32 Å². The highest BCUT2D eigenvalue weighted by molar-refractivity contribution is 5.68. The van der Waals surface area contributed by atoms with Crippen LogP contribution in [0.1, 0.15) is 34.6 Å². The fourth-order valence-electron chi connectivity index (χ4n) is 1.02. The first-order chi connectivity index (χ1) is 7.44. The van der Waals surface area contributed by atoms with E-state index in [1.54, 1.807) is 20.8 Å². The molecule has 0 radical (unpaired) electrons. The first kappa shape index (κ1) is 15.6. The third kappa shape index (κ3) is 6.72. The molecule has 100 valence electrons. The molecule has 0 saturated carbocycles. The molecule has 1 atom stereocenters. The topological polar surface area (TPSA) is 102 Å². The minimum absolute atomic E-state index is 0.636. The van der Waals surface area contributed by atoms with Crippen LogP contribution in [0.2, 0.25) is 0 Å². The summed E-state index contributed by atoms with van der Waals surface area (Å²) in [6, 6.07) is 0. The Balaban J connectivity index is 4.43. The standard InChI is InChI=1S/C10H20N2O5/c1-9(2,3)17-8(14)11-10(4,5)7(13)6-12(15)16/h7,13H,6H2,1-5H3,(H,11,14). The number of alkyl carbamates (subject to hydrolysis) is 1. The Morgan fingerprint density at radius 3 is 2.24 bits per heavy atom. The summed E-state index contributed by atoms with van der Waals surface area (Å²) in [5.74, 6) is 0. The van der Waals surface area contributed by atoms with Crippen LogP contribution in [0.3, 0.4) is 0 Å². The van der Waals surface area contributed by atoms with E-state index in [2.05, 4.69) is 5.32 Å². The number of ether oxygens (including phenoxy) is 1. The lowest BCUT2D eigenvalue weighted by Crippen LogP contribution is -2.55. The molecule has 0 aliphatic carbocycles. The third-order valence-corrected chi connectivity index (χ3v) is 1.98. The van der Waals surface area contributed by atoms with Gasteiger partial charge in [-0.2, -0.15) is 0 Å². The van der Waals surface area contributed by atoms with E-state index in [1.165, 1.54) is 13.8 Å².